The smallest absolute Gasteiger partial charge is 0.252 e. The molecule has 0 spiro atoms. The van der Waals surface area contributed by atoms with Crippen LogP contribution in [0.25, 0.3) is 0 Å². The van der Waals surface area contributed by atoms with Crippen LogP contribution in [0.4, 0.5) is 11.9 Å². The second-order valence-corrected chi connectivity index (χ2v) is 2.87. The largest absolute Gasteiger partial charge is 0.288 e. The molecule has 0 saturated heterocycles. The van der Waals surface area contributed by atoms with Crippen LogP contribution >= 0.6 is 0 Å². The van der Waals surface area contributed by atoms with Gasteiger partial charge in [-0.15, -0.1) is 0 Å². The summed E-state index contributed by atoms with van der Waals surface area (Å²) in [5.74, 6) is 0.659. The predicted molar refractivity (Wildman–Crippen MR) is 49.4 cm³/mol. The first-order valence-electron chi connectivity index (χ1n) is 4.27. The van der Waals surface area contributed by atoms with Crippen molar-refractivity contribution in [3.8, 4) is 0 Å². The molecule has 1 unspecified atom stereocenters. The number of aromatic nitrogens is 3. The van der Waals surface area contributed by atoms with Gasteiger partial charge in [0.25, 0.3) is 11.9 Å². The van der Waals surface area contributed by atoms with E-state index in [0.29, 0.717) is 5.82 Å². The molecule has 0 radical (unpaired) electrons. The molecule has 1 aromatic rings. The van der Waals surface area contributed by atoms with E-state index in [4.69, 9.17) is 10.4 Å². The summed E-state index contributed by atoms with van der Waals surface area (Å²) in [5, 5.41) is 17.2. The molecule has 0 aliphatic carbocycles. The molecule has 78 valence electrons. The molecule has 0 amide bonds. The van der Waals surface area contributed by atoms with Gasteiger partial charge in [0.15, 0.2) is 0 Å². The van der Waals surface area contributed by atoms with E-state index in [1.165, 1.54) is 0 Å². The fraction of sp³-hybridized carbons (Fsp3) is 0.571. The Bertz CT molecular complexity index is 284. The predicted octanol–water partition coefficient (Wildman–Crippen LogP) is 0.987. The summed E-state index contributed by atoms with van der Waals surface area (Å²) in [6.07, 6.45) is 0.861. The van der Waals surface area contributed by atoms with Crippen LogP contribution in [0.3, 0.4) is 0 Å². The van der Waals surface area contributed by atoms with Gasteiger partial charge in [-0.2, -0.15) is 15.0 Å². The molecule has 1 rings (SSSR count). The fourth-order valence-corrected chi connectivity index (χ4v) is 0.895. The molecule has 1 atom stereocenters. The van der Waals surface area contributed by atoms with Crippen LogP contribution in [0.5, 0.6) is 0 Å². The van der Waals surface area contributed by atoms with Crippen molar-refractivity contribution in [1.82, 2.24) is 15.0 Å². The van der Waals surface area contributed by atoms with Gasteiger partial charge in [0.2, 0.25) is 0 Å². The van der Waals surface area contributed by atoms with E-state index in [2.05, 4.69) is 15.0 Å². The topological polar surface area (TPSA) is 103 Å². The number of nitrogens with one attached hydrogen (secondary N) is 2. The maximum atomic E-state index is 8.62. The van der Waals surface area contributed by atoms with Gasteiger partial charge < -0.3 is 0 Å². The number of rotatable bonds is 4. The standard InChI is InChI=1S/C7H13N5O2/c1-3-4(2)5-8-6(11-13)10-7(9-5)12-14/h4,13-14H,3H2,1-2H3,(H2,8,9,10,11,12). The van der Waals surface area contributed by atoms with E-state index in [0.717, 1.165) is 6.42 Å². The average molecular weight is 199 g/mol. The summed E-state index contributed by atoms with van der Waals surface area (Å²) < 4.78 is 0. The minimum absolute atomic E-state index is 0.00634. The molecule has 1 aromatic heterocycles. The van der Waals surface area contributed by atoms with Crippen LogP contribution < -0.4 is 11.0 Å². The molecule has 0 saturated carbocycles. The zero-order valence-electron chi connectivity index (χ0n) is 8.02. The molecule has 14 heavy (non-hydrogen) atoms. The summed E-state index contributed by atoms with van der Waals surface area (Å²) in [6, 6.07) is 0. The number of anilines is 2. The summed E-state index contributed by atoms with van der Waals surface area (Å²) >= 11 is 0. The second kappa shape index (κ2) is 4.68. The van der Waals surface area contributed by atoms with Crippen molar-refractivity contribution in [2.24, 2.45) is 0 Å². The molecule has 0 aromatic carbocycles. The molecule has 7 nitrogen and oxygen atoms in total. The number of nitrogens with zero attached hydrogens (tertiary/aromatic N) is 3. The Balaban J connectivity index is 3.04. The highest BCUT2D eigenvalue weighted by Gasteiger charge is 2.10. The Hall–Kier alpha value is -1.47. The van der Waals surface area contributed by atoms with Crippen LogP contribution in [-0.2, 0) is 0 Å². The monoisotopic (exact) mass is 199 g/mol. The third-order valence-corrected chi connectivity index (χ3v) is 1.91. The molecular weight excluding hydrogens is 186 g/mol. The van der Waals surface area contributed by atoms with Crippen molar-refractivity contribution in [3.05, 3.63) is 5.82 Å². The van der Waals surface area contributed by atoms with Gasteiger partial charge in [0.1, 0.15) is 5.82 Å². The van der Waals surface area contributed by atoms with Crippen LogP contribution in [0.2, 0.25) is 0 Å². The zero-order chi connectivity index (χ0) is 10.6. The molecule has 1 heterocycles. The molecule has 0 bridgehead atoms. The lowest BCUT2D eigenvalue weighted by atomic mass is 10.1. The third kappa shape index (κ3) is 2.27. The van der Waals surface area contributed by atoms with Crippen molar-refractivity contribution in [2.45, 2.75) is 26.2 Å². The molecule has 7 heteroatoms. The van der Waals surface area contributed by atoms with Gasteiger partial charge in [-0.3, -0.25) is 10.4 Å². The SMILES string of the molecule is CCC(C)c1nc(NO)nc(NO)n1. The first-order valence-corrected chi connectivity index (χ1v) is 4.27. The lowest BCUT2D eigenvalue weighted by molar-refractivity contribution is 0.373. The Morgan fingerprint density at radius 3 is 2.00 bits per heavy atom. The van der Waals surface area contributed by atoms with Gasteiger partial charge in [-0.05, 0) is 6.42 Å². The Kier molecular flexibility index (Phi) is 3.55. The number of hydrogen-bond donors (Lipinski definition) is 4. The molecule has 4 N–H and O–H groups in total. The highest BCUT2D eigenvalue weighted by atomic mass is 16.5. The van der Waals surface area contributed by atoms with Crippen molar-refractivity contribution in [1.29, 1.82) is 0 Å². The van der Waals surface area contributed by atoms with Crippen LogP contribution in [0, 0.1) is 0 Å². The second-order valence-electron chi connectivity index (χ2n) is 2.87. The third-order valence-electron chi connectivity index (χ3n) is 1.91. The maximum absolute atomic E-state index is 8.62. The van der Waals surface area contributed by atoms with Crippen molar-refractivity contribution >= 4 is 11.9 Å². The van der Waals surface area contributed by atoms with Gasteiger partial charge in [0, 0.05) is 5.92 Å². The first-order chi connectivity index (χ1) is 6.71. The van der Waals surface area contributed by atoms with Gasteiger partial charge in [-0.25, -0.2) is 11.0 Å². The van der Waals surface area contributed by atoms with E-state index >= 15 is 0 Å². The van der Waals surface area contributed by atoms with E-state index in [9.17, 15) is 0 Å². The quantitative estimate of drug-likeness (QED) is 0.536. The molecular formula is C7H13N5O2. The van der Waals surface area contributed by atoms with E-state index < -0.39 is 0 Å². The van der Waals surface area contributed by atoms with E-state index in [1.807, 2.05) is 24.8 Å². The molecule has 0 aliphatic rings. The number of hydrogen-bond acceptors (Lipinski definition) is 7. The van der Waals surface area contributed by atoms with E-state index in [-0.39, 0.29) is 17.8 Å². The summed E-state index contributed by atoms with van der Waals surface area (Å²) in [7, 11) is 0. The highest BCUT2D eigenvalue weighted by Crippen LogP contribution is 2.16. The Morgan fingerprint density at radius 2 is 1.64 bits per heavy atom. The van der Waals surface area contributed by atoms with Crippen LogP contribution in [-0.4, -0.2) is 25.4 Å². The van der Waals surface area contributed by atoms with Gasteiger partial charge >= 0.3 is 0 Å². The Labute approximate surface area is 81.1 Å². The maximum Gasteiger partial charge on any atom is 0.252 e. The van der Waals surface area contributed by atoms with Crippen molar-refractivity contribution < 1.29 is 10.4 Å². The normalized spacial score (nSPS) is 12.3. The van der Waals surface area contributed by atoms with Crippen molar-refractivity contribution in [3.63, 3.8) is 0 Å². The molecule has 0 aliphatic heterocycles. The summed E-state index contributed by atoms with van der Waals surface area (Å²) in [6.45, 7) is 3.93. The highest BCUT2D eigenvalue weighted by molar-refractivity contribution is 5.31. The van der Waals surface area contributed by atoms with E-state index in [1.54, 1.807) is 0 Å². The van der Waals surface area contributed by atoms with Crippen molar-refractivity contribution in [2.75, 3.05) is 11.0 Å². The Morgan fingerprint density at radius 1 is 1.14 bits per heavy atom. The fourth-order valence-electron chi connectivity index (χ4n) is 0.895. The molecule has 0 fully saturated rings. The summed E-state index contributed by atoms with van der Waals surface area (Å²) in [4.78, 5) is 11.5. The zero-order valence-corrected chi connectivity index (χ0v) is 8.02. The van der Waals surface area contributed by atoms with Crippen LogP contribution in [0.15, 0.2) is 0 Å². The van der Waals surface area contributed by atoms with Gasteiger partial charge in [0.05, 0.1) is 0 Å². The lowest BCUT2D eigenvalue weighted by Crippen LogP contribution is -2.09. The van der Waals surface area contributed by atoms with Gasteiger partial charge in [-0.1, -0.05) is 13.8 Å². The lowest BCUT2D eigenvalue weighted by Gasteiger charge is -2.09. The average Bonchev–Trinajstić information content (AvgIpc) is 2.27. The first kappa shape index (κ1) is 10.6. The minimum atomic E-state index is 0.00634. The summed E-state index contributed by atoms with van der Waals surface area (Å²) in [5.41, 5.74) is 3.62. The minimum Gasteiger partial charge on any atom is -0.288 e. The van der Waals surface area contributed by atoms with Crippen LogP contribution in [0.1, 0.15) is 32.0 Å².